The van der Waals surface area contributed by atoms with E-state index < -0.39 is 15.6 Å². The molecular weight excluding hydrogens is 288 g/mol. The Hall–Kier alpha value is -0.850. The molecule has 0 bridgehead atoms. The quantitative estimate of drug-likeness (QED) is 0.847. The second-order valence-corrected chi connectivity index (χ2v) is 9.04. The van der Waals surface area contributed by atoms with Crippen LogP contribution in [-0.4, -0.2) is 19.5 Å². The maximum atomic E-state index is 12.4. The molecule has 5 nitrogen and oxygen atoms in total. The summed E-state index contributed by atoms with van der Waals surface area (Å²) in [6.07, 6.45) is 2.16. The zero-order chi connectivity index (χ0) is 15.9. The van der Waals surface area contributed by atoms with Gasteiger partial charge in [0.2, 0.25) is 5.09 Å². The minimum atomic E-state index is -3.60. The van der Waals surface area contributed by atoms with Crippen molar-refractivity contribution in [1.29, 1.82) is 0 Å². The molecule has 0 aromatic carbocycles. The Balaban J connectivity index is 2.05. The molecule has 0 spiro atoms. The van der Waals surface area contributed by atoms with E-state index >= 15 is 0 Å². The van der Waals surface area contributed by atoms with Gasteiger partial charge in [0.25, 0.3) is 10.0 Å². The molecule has 1 heterocycles. The van der Waals surface area contributed by atoms with Crippen LogP contribution in [0.1, 0.15) is 53.2 Å². The minimum Gasteiger partial charge on any atom is -0.447 e. The van der Waals surface area contributed by atoms with Crippen LogP contribution in [0.2, 0.25) is 0 Å². The summed E-state index contributed by atoms with van der Waals surface area (Å²) < 4.78 is 33.0. The molecule has 1 aromatic heterocycles. The molecular formula is C15H26N2O3S. The van der Waals surface area contributed by atoms with Crippen molar-refractivity contribution in [2.45, 2.75) is 70.2 Å². The monoisotopic (exact) mass is 314 g/mol. The van der Waals surface area contributed by atoms with Crippen LogP contribution in [0.3, 0.4) is 0 Å². The molecule has 1 saturated carbocycles. The predicted octanol–water partition coefficient (Wildman–Crippen LogP) is 2.63. The molecule has 0 unspecified atom stereocenters. The van der Waals surface area contributed by atoms with E-state index in [2.05, 4.69) is 10.0 Å². The van der Waals surface area contributed by atoms with Crippen molar-refractivity contribution in [3.05, 3.63) is 17.9 Å². The lowest BCUT2D eigenvalue weighted by Gasteiger charge is -2.24. The number of nitrogens with one attached hydrogen (secondary N) is 2. The molecule has 1 aromatic rings. The molecule has 2 rings (SSSR count). The summed E-state index contributed by atoms with van der Waals surface area (Å²) in [5, 5.41) is 3.26. The number of hydrogen-bond donors (Lipinski definition) is 2. The molecule has 2 N–H and O–H groups in total. The Labute approximate surface area is 127 Å². The zero-order valence-electron chi connectivity index (χ0n) is 13.5. The van der Waals surface area contributed by atoms with Crippen LogP contribution in [0.4, 0.5) is 0 Å². The minimum absolute atomic E-state index is 0.0121. The smallest absolute Gasteiger partial charge is 0.274 e. The van der Waals surface area contributed by atoms with Gasteiger partial charge < -0.3 is 9.73 Å². The molecule has 0 radical (unpaired) electrons. The first kappa shape index (κ1) is 16.5. The third-order valence-corrected chi connectivity index (χ3v) is 5.23. The third kappa shape index (κ3) is 4.56. The first-order chi connectivity index (χ1) is 9.50. The summed E-state index contributed by atoms with van der Waals surface area (Å²) in [4.78, 5) is 0. The highest BCUT2D eigenvalue weighted by Gasteiger charge is 2.41. The standard InChI is InChI=1S/C15H26N2O3S/c1-14(2,3)16-10-12-8-9-13(20-12)21(18,19)17-15(4,5)11-6-7-11/h8-9,11,16-17H,6-7,10H2,1-5H3. The van der Waals surface area contributed by atoms with Crippen molar-refractivity contribution in [2.24, 2.45) is 5.92 Å². The normalized spacial score (nSPS) is 17.2. The van der Waals surface area contributed by atoms with E-state index in [1.165, 1.54) is 6.07 Å². The van der Waals surface area contributed by atoms with Crippen molar-refractivity contribution in [3.63, 3.8) is 0 Å². The van der Waals surface area contributed by atoms with Gasteiger partial charge in [-0.1, -0.05) is 0 Å². The molecule has 1 fully saturated rings. The van der Waals surface area contributed by atoms with Crippen LogP contribution in [0.25, 0.3) is 0 Å². The van der Waals surface area contributed by atoms with Crippen LogP contribution in [0.5, 0.6) is 0 Å². The first-order valence-corrected chi connectivity index (χ1v) is 8.86. The second-order valence-electron chi connectivity index (χ2n) is 7.43. The van der Waals surface area contributed by atoms with Crippen LogP contribution in [0.15, 0.2) is 21.6 Å². The number of sulfonamides is 1. The van der Waals surface area contributed by atoms with E-state index in [-0.39, 0.29) is 10.6 Å². The van der Waals surface area contributed by atoms with Gasteiger partial charge in [0.1, 0.15) is 5.76 Å². The summed E-state index contributed by atoms with van der Waals surface area (Å²) in [6.45, 7) is 10.5. The van der Waals surface area contributed by atoms with Gasteiger partial charge in [-0.15, -0.1) is 0 Å². The first-order valence-electron chi connectivity index (χ1n) is 7.37. The highest BCUT2D eigenvalue weighted by molar-refractivity contribution is 7.89. The Morgan fingerprint density at radius 1 is 1.19 bits per heavy atom. The van der Waals surface area contributed by atoms with Crippen molar-refractivity contribution in [3.8, 4) is 0 Å². The number of hydrogen-bond acceptors (Lipinski definition) is 4. The fourth-order valence-electron chi connectivity index (χ4n) is 2.23. The van der Waals surface area contributed by atoms with E-state index in [9.17, 15) is 8.42 Å². The summed E-state index contributed by atoms with van der Waals surface area (Å²) >= 11 is 0. The van der Waals surface area contributed by atoms with E-state index in [1.54, 1.807) is 6.07 Å². The third-order valence-electron chi connectivity index (χ3n) is 3.69. The lowest BCUT2D eigenvalue weighted by Crippen LogP contribution is -2.44. The average Bonchev–Trinajstić information content (AvgIpc) is 3.04. The fraction of sp³-hybridized carbons (Fsp3) is 0.733. The topological polar surface area (TPSA) is 71.3 Å². The van der Waals surface area contributed by atoms with Gasteiger partial charge in [-0.3, -0.25) is 0 Å². The second kappa shape index (κ2) is 5.41. The van der Waals surface area contributed by atoms with Gasteiger partial charge in [-0.25, -0.2) is 13.1 Å². The average molecular weight is 314 g/mol. The zero-order valence-corrected chi connectivity index (χ0v) is 14.3. The van der Waals surface area contributed by atoms with E-state index in [0.29, 0.717) is 18.2 Å². The summed E-state index contributed by atoms with van der Waals surface area (Å²) in [5.41, 5.74) is -0.465. The van der Waals surface area contributed by atoms with Crippen molar-refractivity contribution < 1.29 is 12.8 Å². The van der Waals surface area contributed by atoms with Crippen molar-refractivity contribution >= 4 is 10.0 Å². The molecule has 0 amide bonds. The van der Waals surface area contributed by atoms with Gasteiger partial charge in [-0.05, 0) is 65.5 Å². The summed E-state index contributed by atoms with van der Waals surface area (Å²) in [5.74, 6) is 1.04. The van der Waals surface area contributed by atoms with Crippen molar-refractivity contribution in [1.82, 2.24) is 10.0 Å². The predicted molar refractivity (Wildman–Crippen MR) is 82.4 cm³/mol. The summed E-state index contributed by atoms with van der Waals surface area (Å²) in [7, 11) is -3.60. The number of furan rings is 1. The van der Waals surface area contributed by atoms with Crippen LogP contribution >= 0.6 is 0 Å². The Morgan fingerprint density at radius 2 is 1.81 bits per heavy atom. The van der Waals surface area contributed by atoms with Crippen LogP contribution in [-0.2, 0) is 16.6 Å². The molecule has 0 saturated heterocycles. The van der Waals surface area contributed by atoms with Gasteiger partial charge >= 0.3 is 0 Å². The molecule has 0 atom stereocenters. The lowest BCUT2D eigenvalue weighted by atomic mass is 10.0. The Bertz CT molecular complexity index is 593. The molecule has 0 aliphatic heterocycles. The molecule has 1 aliphatic carbocycles. The SMILES string of the molecule is CC(C)(C)NCc1ccc(S(=O)(=O)NC(C)(C)C2CC2)o1. The molecule has 6 heteroatoms. The van der Waals surface area contributed by atoms with Gasteiger partial charge in [0, 0.05) is 11.1 Å². The number of rotatable bonds is 6. The molecule has 21 heavy (non-hydrogen) atoms. The van der Waals surface area contributed by atoms with Crippen molar-refractivity contribution in [2.75, 3.05) is 0 Å². The highest BCUT2D eigenvalue weighted by atomic mass is 32.2. The van der Waals surface area contributed by atoms with Gasteiger partial charge in [0.15, 0.2) is 0 Å². The van der Waals surface area contributed by atoms with Crippen LogP contribution < -0.4 is 10.0 Å². The van der Waals surface area contributed by atoms with Gasteiger partial charge in [0.05, 0.1) is 6.54 Å². The summed E-state index contributed by atoms with van der Waals surface area (Å²) in [6, 6.07) is 3.22. The lowest BCUT2D eigenvalue weighted by molar-refractivity contribution is 0.351. The van der Waals surface area contributed by atoms with E-state index in [0.717, 1.165) is 12.8 Å². The maximum Gasteiger partial charge on any atom is 0.274 e. The molecule has 120 valence electrons. The fourth-order valence-corrected chi connectivity index (χ4v) is 3.66. The Morgan fingerprint density at radius 3 is 2.33 bits per heavy atom. The Kier molecular flexibility index (Phi) is 4.26. The highest BCUT2D eigenvalue weighted by Crippen LogP contribution is 2.40. The van der Waals surface area contributed by atoms with E-state index in [4.69, 9.17) is 4.42 Å². The van der Waals surface area contributed by atoms with Gasteiger partial charge in [-0.2, -0.15) is 0 Å². The maximum absolute atomic E-state index is 12.4. The van der Waals surface area contributed by atoms with E-state index in [1.807, 2.05) is 34.6 Å². The largest absolute Gasteiger partial charge is 0.447 e. The van der Waals surface area contributed by atoms with Crippen LogP contribution in [0, 0.1) is 5.92 Å². The molecule has 1 aliphatic rings.